The molecule has 1 aliphatic rings. The number of rotatable bonds is 4. The zero-order valence-corrected chi connectivity index (χ0v) is 12.9. The molecule has 2 rings (SSSR count). The number of carbonyl (C=O) groups excluding carboxylic acids is 2. The first-order chi connectivity index (χ1) is 11.5. The molecule has 0 radical (unpaired) electrons. The fraction of sp³-hybridized carbons (Fsp3) is 0.467. The molecule has 1 fully saturated rings. The van der Waals surface area contributed by atoms with Gasteiger partial charge in [0.05, 0.1) is 12.1 Å². The third kappa shape index (κ3) is 4.25. The highest BCUT2D eigenvalue weighted by molar-refractivity contribution is 5.94. The second-order valence-corrected chi connectivity index (χ2v) is 5.72. The van der Waals surface area contributed by atoms with Crippen molar-refractivity contribution in [2.75, 3.05) is 19.6 Å². The minimum atomic E-state index is -4.84. The van der Waals surface area contributed by atoms with E-state index in [0.29, 0.717) is 6.07 Å². The highest BCUT2D eigenvalue weighted by atomic mass is 19.4. The molecule has 0 saturated carbocycles. The topological polar surface area (TPSA) is 69.6 Å². The van der Waals surface area contributed by atoms with Gasteiger partial charge in [-0.2, -0.15) is 13.2 Å². The first-order valence-electron chi connectivity index (χ1n) is 7.34. The van der Waals surface area contributed by atoms with Crippen molar-refractivity contribution in [1.29, 1.82) is 0 Å². The summed E-state index contributed by atoms with van der Waals surface area (Å²) in [5, 5.41) is 11.7. The van der Waals surface area contributed by atoms with Crippen molar-refractivity contribution in [2.24, 2.45) is 0 Å². The number of halogens is 5. The summed E-state index contributed by atoms with van der Waals surface area (Å²) in [6.45, 7) is -1.36. The molecule has 2 N–H and O–H groups in total. The lowest BCUT2D eigenvalue weighted by Crippen LogP contribution is -2.48. The minimum Gasteiger partial charge on any atom is -0.379 e. The normalized spacial score (nSPS) is 20.6. The maximum atomic E-state index is 13.4. The molecule has 0 aromatic heterocycles. The van der Waals surface area contributed by atoms with Gasteiger partial charge in [0.15, 0.2) is 5.60 Å². The largest absolute Gasteiger partial charge is 0.419 e. The van der Waals surface area contributed by atoms with Crippen LogP contribution in [0.4, 0.5) is 22.0 Å². The van der Waals surface area contributed by atoms with Crippen LogP contribution < -0.4 is 5.32 Å². The van der Waals surface area contributed by atoms with Crippen molar-refractivity contribution in [1.82, 2.24) is 10.2 Å². The third-order valence-corrected chi connectivity index (χ3v) is 3.93. The number of likely N-dealkylation sites (tertiary alicyclic amines) is 1. The lowest BCUT2D eigenvalue weighted by Gasteiger charge is -2.25. The number of alkyl halides is 3. The van der Waals surface area contributed by atoms with E-state index < -0.39 is 53.8 Å². The first-order valence-corrected chi connectivity index (χ1v) is 7.34. The van der Waals surface area contributed by atoms with Gasteiger partial charge in [0.2, 0.25) is 5.91 Å². The number of nitrogens with one attached hydrogen (secondary N) is 1. The summed E-state index contributed by atoms with van der Waals surface area (Å²) in [6, 6.07) is 2.36. The maximum absolute atomic E-state index is 13.4. The summed E-state index contributed by atoms with van der Waals surface area (Å²) < 4.78 is 64.2. The van der Waals surface area contributed by atoms with Gasteiger partial charge >= 0.3 is 6.18 Å². The van der Waals surface area contributed by atoms with Crippen molar-refractivity contribution >= 4 is 11.8 Å². The van der Waals surface area contributed by atoms with E-state index in [1.54, 1.807) is 0 Å². The molecule has 0 aliphatic carbocycles. The van der Waals surface area contributed by atoms with Crippen LogP contribution in [0.1, 0.15) is 23.2 Å². The predicted molar refractivity (Wildman–Crippen MR) is 75.5 cm³/mol. The maximum Gasteiger partial charge on any atom is 0.419 e. The van der Waals surface area contributed by atoms with Crippen LogP contribution in [0.5, 0.6) is 0 Å². The monoisotopic (exact) mass is 366 g/mol. The fourth-order valence-electron chi connectivity index (χ4n) is 2.45. The van der Waals surface area contributed by atoms with Crippen LogP contribution in [0.3, 0.4) is 0 Å². The lowest BCUT2D eigenvalue weighted by molar-refractivity contribution is -0.253. The fourth-order valence-corrected chi connectivity index (χ4v) is 2.45. The van der Waals surface area contributed by atoms with Gasteiger partial charge in [0, 0.05) is 32.0 Å². The van der Waals surface area contributed by atoms with Gasteiger partial charge in [0.1, 0.15) is 11.6 Å². The Morgan fingerprint density at radius 1 is 1.28 bits per heavy atom. The van der Waals surface area contributed by atoms with E-state index in [2.05, 4.69) is 5.32 Å². The summed E-state index contributed by atoms with van der Waals surface area (Å²) in [5.74, 6) is -3.48. The Bertz CT molecular complexity index is 680. The average Bonchev–Trinajstić information content (AvgIpc) is 2.90. The first kappa shape index (κ1) is 19.1. The zero-order valence-electron chi connectivity index (χ0n) is 12.9. The third-order valence-electron chi connectivity index (χ3n) is 3.93. The second kappa shape index (κ2) is 6.95. The van der Waals surface area contributed by atoms with Crippen LogP contribution in [0, 0.1) is 11.6 Å². The molecule has 1 atom stereocenters. The van der Waals surface area contributed by atoms with Crippen molar-refractivity contribution < 1.29 is 36.6 Å². The molecule has 138 valence electrons. The molecule has 0 unspecified atom stereocenters. The molecule has 1 aliphatic heterocycles. The Kier molecular flexibility index (Phi) is 5.31. The molecule has 0 bridgehead atoms. The Labute approximate surface area is 139 Å². The van der Waals surface area contributed by atoms with Gasteiger partial charge in [0.25, 0.3) is 5.91 Å². The Hall–Kier alpha value is -2.23. The van der Waals surface area contributed by atoms with Gasteiger partial charge in [-0.15, -0.1) is 0 Å². The van der Waals surface area contributed by atoms with Crippen LogP contribution in [-0.2, 0) is 4.79 Å². The zero-order chi connectivity index (χ0) is 18.8. The molecular weight excluding hydrogens is 351 g/mol. The Morgan fingerprint density at radius 3 is 2.52 bits per heavy atom. The van der Waals surface area contributed by atoms with Gasteiger partial charge in [-0.1, -0.05) is 0 Å². The SMILES string of the molecule is O=C(NCCC(=O)N1CC[C@@](O)(C(F)(F)F)C1)c1ccc(F)cc1F. The van der Waals surface area contributed by atoms with E-state index in [1.165, 1.54) is 0 Å². The van der Waals surface area contributed by atoms with E-state index in [-0.39, 0.29) is 19.5 Å². The predicted octanol–water partition coefficient (Wildman–Crippen LogP) is 1.61. The number of carbonyl (C=O) groups is 2. The smallest absolute Gasteiger partial charge is 0.379 e. The van der Waals surface area contributed by atoms with E-state index in [0.717, 1.165) is 17.0 Å². The van der Waals surface area contributed by atoms with E-state index in [1.807, 2.05) is 0 Å². The van der Waals surface area contributed by atoms with Gasteiger partial charge < -0.3 is 15.3 Å². The number of benzene rings is 1. The summed E-state index contributed by atoms with van der Waals surface area (Å²) in [7, 11) is 0. The van der Waals surface area contributed by atoms with Gasteiger partial charge in [-0.3, -0.25) is 9.59 Å². The van der Waals surface area contributed by atoms with Crippen LogP contribution in [0.2, 0.25) is 0 Å². The molecule has 1 heterocycles. The number of aliphatic hydroxyl groups is 1. The molecule has 1 aromatic rings. The van der Waals surface area contributed by atoms with Crippen LogP contribution in [0.25, 0.3) is 0 Å². The Morgan fingerprint density at radius 2 is 1.96 bits per heavy atom. The number of hydrogen-bond acceptors (Lipinski definition) is 3. The standard InChI is InChI=1S/C15H15F5N2O3/c16-9-1-2-10(11(17)7-9)13(24)21-5-3-12(23)22-6-4-14(25,8-22)15(18,19)20/h1-2,7,25H,3-6,8H2,(H,21,24)/t14-/m0/s1. The summed E-state index contributed by atoms with van der Waals surface area (Å²) in [4.78, 5) is 24.4. The van der Waals surface area contributed by atoms with Crippen molar-refractivity contribution in [2.45, 2.75) is 24.6 Å². The van der Waals surface area contributed by atoms with Gasteiger partial charge in [-0.05, 0) is 12.1 Å². The van der Waals surface area contributed by atoms with Gasteiger partial charge in [-0.25, -0.2) is 8.78 Å². The number of hydrogen-bond donors (Lipinski definition) is 2. The molecule has 25 heavy (non-hydrogen) atoms. The number of nitrogens with zero attached hydrogens (tertiary/aromatic N) is 1. The average molecular weight is 366 g/mol. The molecule has 5 nitrogen and oxygen atoms in total. The van der Waals surface area contributed by atoms with Crippen LogP contribution in [-0.4, -0.2) is 53.2 Å². The van der Waals surface area contributed by atoms with Crippen LogP contribution in [0.15, 0.2) is 18.2 Å². The Balaban J connectivity index is 1.84. The number of amides is 2. The minimum absolute atomic E-state index is 0.241. The van der Waals surface area contributed by atoms with Crippen molar-refractivity contribution in [3.63, 3.8) is 0 Å². The molecule has 0 spiro atoms. The summed E-state index contributed by atoms with van der Waals surface area (Å²) >= 11 is 0. The molecule has 1 aromatic carbocycles. The molecule has 1 saturated heterocycles. The van der Waals surface area contributed by atoms with E-state index in [4.69, 9.17) is 0 Å². The molecular formula is C15H15F5N2O3. The van der Waals surface area contributed by atoms with Crippen molar-refractivity contribution in [3.05, 3.63) is 35.4 Å². The highest BCUT2D eigenvalue weighted by Gasteiger charge is 2.57. The summed E-state index contributed by atoms with van der Waals surface area (Å²) in [6.07, 6.45) is -5.77. The molecule has 2 amide bonds. The number of β-amino-alcohol motifs (C(OH)–C–C–N with tert-alkyl or cyclic N) is 1. The van der Waals surface area contributed by atoms with E-state index in [9.17, 15) is 36.6 Å². The van der Waals surface area contributed by atoms with Crippen molar-refractivity contribution in [3.8, 4) is 0 Å². The second-order valence-electron chi connectivity index (χ2n) is 5.72. The lowest BCUT2D eigenvalue weighted by atomic mass is 10.0. The molecule has 10 heteroatoms. The highest BCUT2D eigenvalue weighted by Crippen LogP contribution is 2.37. The summed E-state index contributed by atoms with van der Waals surface area (Å²) in [5.41, 5.74) is -3.34. The van der Waals surface area contributed by atoms with E-state index >= 15 is 0 Å². The quantitative estimate of drug-likeness (QED) is 0.796. The van der Waals surface area contributed by atoms with Crippen LogP contribution >= 0.6 is 0 Å².